The topological polar surface area (TPSA) is 101 Å². The highest BCUT2D eigenvalue weighted by molar-refractivity contribution is 6.01. The lowest BCUT2D eigenvalue weighted by Gasteiger charge is -2.18. The normalized spacial score (nSPS) is 20.4. The van der Waals surface area contributed by atoms with Crippen LogP contribution in [0, 0.1) is 0 Å². The van der Waals surface area contributed by atoms with Gasteiger partial charge in [0.25, 0.3) is 0 Å². The van der Waals surface area contributed by atoms with Gasteiger partial charge in [-0.15, -0.1) is 0 Å². The van der Waals surface area contributed by atoms with Gasteiger partial charge in [0.1, 0.15) is 0 Å². The van der Waals surface area contributed by atoms with Gasteiger partial charge in [-0.1, -0.05) is 0 Å². The summed E-state index contributed by atoms with van der Waals surface area (Å²) in [6.45, 7) is 0.513. The minimum atomic E-state index is -0.114. The van der Waals surface area contributed by atoms with Gasteiger partial charge in [-0.05, 0) is 12.1 Å². The molecule has 1 atom stereocenters. The molecule has 1 saturated heterocycles. The van der Waals surface area contributed by atoms with Gasteiger partial charge in [0.2, 0.25) is 5.91 Å². The molecule has 6 nitrogen and oxygen atoms in total. The third-order valence-corrected chi connectivity index (χ3v) is 3.01. The molecule has 2 aromatic rings. The fourth-order valence-electron chi connectivity index (χ4n) is 2.19. The molecule has 5 N–H and O–H groups in total. The zero-order valence-corrected chi connectivity index (χ0v) is 9.18. The third-order valence-electron chi connectivity index (χ3n) is 3.01. The number of hydrogen-bond donors (Lipinski definition) is 3. The van der Waals surface area contributed by atoms with Gasteiger partial charge in [0.05, 0.1) is 28.7 Å². The van der Waals surface area contributed by atoms with E-state index in [4.69, 9.17) is 11.5 Å². The number of carbonyl (C=O) groups excluding carboxylic acids is 1. The van der Waals surface area contributed by atoms with E-state index in [1.165, 1.54) is 0 Å². The van der Waals surface area contributed by atoms with Crippen molar-refractivity contribution in [3.05, 3.63) is 18.5 Å². The number of aromatic nitrogens is 2. The fourth-order valence-corrected chi connectivity index (χ4v) is 2.19. The van der Waals surface area contributed by atoms with E-state index in [-0.39, 0.29) is 11.9 Å². The zero-order chi connectivity index (χ0) is 12.0. The summed E-state index contributed by atoms with van der Waals surface area (Å²) in [6, 6.07) is 3.49. The van der Waals surface area contributed by atoms with Gasteiger partial charge in [-0.25, -0.2) is 4.98 Å². The average Bonchev–Trinajstić information content (AvgIpc) is 2.83. The first kappa shape index (κ1) is 10.1. The fraction of sp³-hybridized carbons (Fsp3) is 0.273. The molecule has 2 heterocycles. The third kappa shape index (κ3) is 1.53. The Kier molecular flexibility index (Phi) is 2.05. The summed E-state index contributed by atoms with van der Waals surface area (Å²) in [5.74, 6) is 0.0130. The van der Waals surface area contributed by atoms with Gasteiger partial charge < -0.3 is 21.4 Å². The average molecular weight is 231 g/mol. The van der Waals surface area contributed by atoms with E-state index in [0.717, 1.165) is 11.0 Å². The number of aromatic amines is 1. The summed E-state index contributed by atoms with van der Waals surface area (Å²) in [4.78, 5) is 20.5. The van der Waals surface area contributed by atoms with E-state index in [2.05, 4.69) is 9.97 Å². The number of nitrogens with one attached hydrogen (secondary N) is 1. The van der Waals surface area contributed by atoms with Gasteiger partial charge in [-0.3, -0.25) is 4.79 Å². The van der Waals surface area contributed by atoms with Crippen LogP contribution in [-0.4, -0.2) is 28.5 Å². The van der Waals surface area contributed by atoms with Crippen molar-refractivity contribution >= 4 is 28.3 Å². The number of H-pyrrole nitrogens is 1. The molecule has 0 aliphatic carbocycles. The molecule has 1 aliphatic heterocycles. The Morgan fingerprint density at radius 3 is 3.00 bits per heavy atom. The molecule has 1 fully saturated rings. The van der Waals surface area contributed by atoms with Crippen LogP contribution < -0.4 is 16.4 Å². The lowest BCUT2D eigenvalue weighted by Crippen LogP contribution is -2.28. The SMILES string of the molecule is Nc1cc2[nH]cnc2cc1N1CC(N)CC1=O. The number of fused-ring (bicyclic) bond motifs is 1. The first-order chi connectivity index (χ1) is 8.15. The Labute approximate surface area is 97.6 Å². The summed E-state index contributed by atoms with van der Waals surface area (Å²) in [6.07, 6.45) is 1.98. The molecule has 17 heavy (non-hydrogen) atoms. The highest BCUT2D eigenvalue weighted by Gasteiger charge is 2.29. The van der Waals surface area contributed by atoms with Crippen LogP contribution in [0.25, 0.3) is 11.0 Å². The van der Waals surface area contributed by atoms with E-state index < -0.39 is 0 Å². The maximum absolute atomic E-state index is 11.8. The molecule has 3 rings (SSSR count). The summed E-state index contributed by atoms with van der Waals surface area (Å²) >= 11 is 0. The minimum absolute atomic E-state index is 0.0130. The number of amides is 1. The summed E-state index contributed by atoms with van der Waals surface area (Å²) < 4.78 is 0. The molecular weight excluding hydrogens is 218 g/mol. The van der Waals surface area contributed by atoms with Crippen LogP contribution in [0.5, 0.6) is 0 Å². The molecule has 88 valence electrons. The predicted molar refractivity (Wildman–Crippen MR) is 65.5 cm³/mol. The van der Waals surface area contributed by atoms with Crippen LogP contribution in [-0.2, 0) is 4.79 Å². The molecule has 1 amide bonds. The van der Waals surface area contributed by atoms with Crippen molar-refractivity contribution in [2.24, 2.45) is 5.73 Å². The van der Waals surface area contributed by atoms with E-state index in [0.29, 0.717) is 24.3 Å². The van der Waals surface area contributed by atoms with Gasteiger partial charge in [0, 0.05) is 19.0 Å². The van der Waals surface area contributed by atoms with E-state index in [1.54, 1.807) is 17.3 Å². The number of benzene rings is 1. The van der Waals surface area contributed by atoms with Crippen LogP contribution in [0.1, 0.15) is 6.42 Å². The smallest absolute Gasteiger partial charge is 0.228 e. The van der Waals surface area contributed by atoms with Crippen molar-refractivity contribution in [1.29, 1.82) is 0 Å². The summed E-state index contributed by atoms with van der Waals surface area (Å²) in [5, 5.41) is 0. The number of imidazole rings is 1. The second-order valence-corrected chi connectivity index (χ2v) is 4.30. The van der Waals surface area contributed by atoms with Crippen molar-refractivity contribution in [3.8, 4) is 0 Å². The Morgan fingerprint density at radius 1 is 1.47 bits per heavy atom. The number of carbonyl (C=O) groups is 1. The minimum Gasteiger partial charge on any atom is -0.397 e. The Hall–Kier alpha value is -2.08. The van der Waals surface area contributed by atoms with Gasteiger partial charge >= 0.3 is 0 Å². The van der Waals surface area contributed by atoms with Gasteiger partial charge in [0.15, 0.2) is 0 Å². The largest absolute Gasteiger partial charge is 0.397 e. The lowest BCUT2D eigenvalue weighted by molar-refractivity contribution is -0.117. The number of rotatable bonds is 1. The Bertz CT molecular complexity index is 591. The second-order valence-electron chi connectivity index (χ2n) is 4.30. The maximum atomic E-state index is 11.8. The molecule has 0 spiro atoms. The van der Waals surface area contributed by atoms with E-state index in [1.807, 2.05) is 6.07 Å². The molecule has 0 radical (unpaired) electrons. The first-order valence-electron chi connectivity index (χ1n) is 5.43. The molecule has 0 saturated carbocycles. The molecule has 1 aromatic heterocycles. The Morgan fingerprint density at radius 2 is 2.29 bits per heavy atom. The number of nitrogens with zero attached hydrogens (tertiary/aromatic N) is 2. The molecule has 6 heteroatoms. The molecular formula is C11H13N5O. The Balaban J connectivity index is 2.10. The van der Waals surface area contributed by atoms with Crippen LogP contribution in [0.4, 0.5) is 11.4 Å². The van der Waals surface area contributed by atoms with E-state index >= 15 is 0 Å². The number of anilines is 2. The molecule has 1 unspecified atom stereocenters. The number of nitrogens with two attached hydrogens (primary N) is 2. The molecule has 1 aromatic carbocycles. The molecule has 1 aliphatic rings. The van der Waals surface area contributed by atoms with Crippen LogP contribution in [0.15, 0.2) is 18.5 Å². The van der Waals surface area contributed by atoms with Crippen LogP contribution in [0.3, 0.4) is 0 Å². The van der Waals surface area contributed by atoms with Crippen molar-refractivity contribution in [2.45, 2.75) is 12.5 Å². The standard InChI is InChI=1S/C11H13N5O/c12-6-1-11(17)16(4-6)10-3-9-8(2-7(10)13)14-5-15-9/h2-3,5-6H,1,4,12-13H2,(H,14,15). The zero-order valence-electron chi connectivity index (χ0n) is 9.18. The summed E-state index contributed by atoms with van der Waals surface area (Å²) in [7, 11) is 0. The van der Waals surface area contributed by atoms with E-state index in [9.17, 15) is 4.79 Å². The number of nitrogen functional groups attached to an aromatic ring is 1. The van der Waals surface area contributed by atoms with Crippen molar-refractivity contribution < 1.29 is 4.79 Å². The highest BCUT2D eigenvalue weighted by Crippen LogP contribution is 2.30. The maximum Gasteiger partial charge on any atom is 0.228 e. The highest BCUT2D eigenvalue weighted by atomic mass is 16.2. The monoisotopic (exact) mass is 231 g/mol. The van der Waals surface area contributed by atoms with Crippen LogP contribution >= 0.6 is 0 Å². The van der Waals surface area contributed by atoms with Crippen molar-refractivity contribution in [1.82, 2.24) is 9.97 Å². The lowest BCUT2D eigenvalue weighted by atomic mass is 10.2. The van der Waals surface area contributed by atoms with Crippen molar-refractivity contribution in [2.75, 3.05) is 17.2 Å². The summed E-state index contributed by atoms with van der Waals surface area (Å²) in [5.41, 5.74) is 14.6. The quantitative estimate of drug-likeness (QED) is 0.610. The van der Waals surface area contributed by atoms with Gasteiger partial charge in [-0.2, -0.15) is 0 Å². The predicted octanol–water partition coefficient (Wildman–Crippen LogP) is 0.209. The van der Waals surface area contributed by atoms with Crippen LogP contribution in [0.2, 0.25) is 0 Å². The molecule has 0 bridgehead atoms. The number of hydrogen-bond acceptors (Lipinski definition) is 4. The van der Waals surface area contributed by atoms with Crippen molar-refractivity contribution in [3.63, 3.8) is 0 Å². The first-order valence-corrected chi connectivity index (χ1v) is 5.43. The second kappa shape index (κ2) is 3.46.